The quantitative estimate of drug-likeness (QED) is 0.860. The van der Waals surface area contributed by atoms with Gasteiger partial charge in [0, 0.05) is 12.6 Å². The third-order valence-corrected chi connectivity index (χ3v) is 3.87. The van der Waals surface area contributed by atoms with E-state index in [4.69, 9.17) is 4.52 Å². The number of hydrogen-bond acceptors (Lipinski definition) is 4. The molecule has 2 saturated heterocycles. The van der Waals surface area contributed by atoms with Crippen LogP contribution in [-0.4, -0.2) is 35.1 Å². The molecule has 5 nitrogen and oxygen atoms in total. The summed E-state index contributed by atoms with van der Waals surface area (Å²) in [7, 11) is 0. The highest BCUT2D eigenvalue weighted by Gasteiger charge is 2.36. The maximum Gasteiger partial charge on any atom is 0.240 e. The molecule has 3 heterocycles. The fraction of sp³-hybridized carbons (Fsp3) is 0.692. The van der Waals surface area contributed by atoms with Crippen molar-refractivity contribution in [3.8, 4) is 0 Å². The van der Waals surface area contributed by atoms with E-state index in [2.05, 4.69) is 10.5 Å². The monoisotopic (exact) mass is 249 g/mol. The van der Waals surface area contributed by atoms with E-state index >= 15 is 0 Å². The maximum absolute atomic E-state index is 12.4. The summed E-state index contributed by atoms with van der Waals surface area (Å²) in [5, 5.41) is 7.20. The van der Waals surface area contributed by atoms with Crippen molar-refractivity contribution in [1.82, 2.24) is 15.4 Å². The van der Waals surface area contributed by atoms with E-state index in [0.717, 1.165) is 50.2 Å². The van der Waals surface area contributed by atoms with Crippen molar-refractivity contribution in [2.45, 2.75) is 44.7 Å². The molecular formula is C13H19N3O2. The first-order valence-electron chi connectivity index (χ1n) is 6.73. The molecule has 0 saturated carbocycles. The molecule has 0 unspecified atom stereocenters. The first-order valence-corrected chi connectivity index (χ1v) is 6.73. The van der Waals surface area contributed by atoms with Crippen LogP contribution >= 0.6 is 0 Å². The van der Waals surface area contributed by atoms with Crippen LogP contribution in [0.4, 0.5) is 0 Å². The van der Waals surface area contributed by atoms with Gasteiger partial charge in [0.25, 0.3) is 0 Å². The predicted octanol–water partition coefficient (Wildman–Crippen LogP) is 1.40. The summed E-state index contributed by atoms with van der Waals surface area (Å²) in [6, 6.07) is 2.04. The average molecular weight is 249 g/mol. The standard InChI is InChI=1S/C13H19N3O2/c1-9-8-12(18-15-9)11-5-3-7-16(11)13(17)10-4-2-6-14-10/h8,10-11,14H,2-7H2,1H3/t10-,11+/m1/s1. The van der Waals surface area contributed by atoms with Gasteiger partial charge in [-0.15, -0.1) is 0 Å². The number of aryl methyl sites for hydroxylation is 1. The number of carbonyl (C=O) groups excluding carboxylic acids is 1. The summed E-state index contributed by atoms with van der Waals surface area (Å²) in [5.41, 5.74) is 0.878. The molecule has 2 fully saturated rings. The molecule has 18 heavy (non-hydrogen) atoms. The van der Waals surface area contributed by atoms with Crippen LogP contribution in [0.3, 0.4) is 0 Å². The Hall–Kier alpha value is -1.36. The number of nitrogens with zero attached hydrogens (tertiary/aromatic N) is 2. The molecule has 0 spiro atoms. The fourth-order valence-electron chi connectivity index (χ4n) is 2.96. The minimum atomic E-state index is 0.00891. The minimum absolute atomic E-state index is 0.00891. The Labute approximate surface area is 107 Å². The van der Waals surface area contributed by atoms with Gasteiger partial charge in [-0.1, -0.05) is 5.16 Å². The van der Waals surface area contributed by atoms with Crippen LogP contribution < -0.4 is 5.32 Å². The lowest BCUT2D eigenvalue weighted by Crippen LogP contribution is -2.43. The molecule has 98 valence electrons. The second-order valence-corrected chi connectivity index (χ2v) is 5.21. The van der Waals surface area contributed by atoms with E-state index < -0.39 is 0 Å². The molecule has 0 aliphatic carbocycles. The molecule has 0 aromatic carbocycles. The molecule has 1 N–H and O–H groups in total. The van der Waals surface area contributed by atoms with Gasteiger partial charge in [-0.05, 0) is 39.2 Å². The van der Waals surface area contributed by atoms with Crippen LogP contribution in [0.5, 0.6) is 0 Å². The van der Waals surface area contributed by atoms with Crippen LogP contribution in [0.2, 0.25) is 0 Å². The van der Waals surface area contributed by atoms with Crippen molar-refractivity contribution in [3.63, 3.8) is 0 Å². The SMILES string of the molecule is Cc1cc([C@@H]2CCCN2C(=O)[C@H]2CCCN2)on1. The van der Waals surface area contributed by atoms with Crippen LogP contribution in [0, 0.1) is 6.92 Å². The molecule has 0 radical (unpaired) electrons. The van der Waals surface area contributed by atoms with Gasteiger partial charge in [0.1, 0.15) is 0 Å². The third kappa shape index (κ3) is 2.03. The molecule has 1 amide bonds. The molecule has 3 rings (SSSR count). The molecule has 1 aromatic heterocycles. The van der Waals surface area contributed by atoms with E-state index in [-0.39, 0.29) is 18.0 Å². The van der Waals surface area contributed by atoms with Crippen LogP contribution in [0.15, 0.2) is 10.6 Å². The fourth-order valence-corrected chi connectivity index (χ4v) is 2.96. The van der Waals surface area contributed by atoms with E-state index in [0.29, 0.717) is 0 Å². The smallest absolute Gasteiger partial charge is 0.240 e. The number of aromatic nitrogens is 1. The van der Waals surface area contributed by atoms with E-state index in [1.807, 2.05) is 17.9 Å². The molecule has 5 heteroatoms. The van der Waals surface area contributed by atoms with E-state index in [1.165, 1.54) is 0 Å². The van der Waals surface area contributed by atoms with Gasteiger partial charge in [0.15, 0.2) is 5.76 Å². The molecule has 2 aliphatic heterocycles. The second kappa shape index (κ2) is 4.72. The molecule has 1 aromatic rings. The predicted molar refractivity (Wildman–Crippen MR) is 66.0 cm³/mol. The first kappa shape index (κ1) is 11.7. The highest BCUT2D eigenvalue weighted by molar-refractivity contribution is 5.82. The van der Waals surface area contributed by atoms with E-state index in [1.54, 1.807) is 0 Å². The number of amides is 1. The summed E-state index contributed by atoms with van der Waals surface area (Å²) < 4.78 is 5.33. The lowest BCUT2D eigenvalue weighted by molar-refractivity contribution is -0.134. The Balaban J connectivity index is 1.76. The Kier molecular flexibility index (Phi) is 3.07. The Morgan fingerprint density at radius 2 is 2.39 bits per heavy atom. The van der Waals surface area contributed by atoms with Crippen molar-refractivity contribution in [2.24, 2.45) is 0 Å². The maximum atomic E-state index is 12.4. The largest absolute Gasteiger partial charge is 0.359 e. The van der Waals surface area contributed by atoms with Gasteiger partial charge in [-0.2, -0.15) is 0 Å². The van der Waals surface area contributed by atoms with Gasteiger partial charge in [0.2, 0.25) is 5.91 Å². The zero-order valence-electron chi connectivity index (χ0n) is 10.7. The third-order valence-electron chi connectivity index (χ3n) is 3.87. The number of rotatable bonds is 2. The van der Waals surface area contributed by atoms with Crippen molar-refractivity contribution in [3.05, 3.63) is 17.5 Å². The molecule has 2 atom stereocenters. The number of nitrogens with one attached hydrogen (secondary N) is 1. The van der Waals surface area contributed by atoms with Crippen molar-refractivity contribution < 1.29 is 9.32 Å². The lowest BCUT2D eigenvalue weighted by Gasteiger charge is -2.25. The summed E-state index contributed by atoms with van der Waals surface area (Å²) in [6.07, 6.45) is 4.07. The van der Waals surface area contributed by atoms with Gasteiger partial charge in [0.05, 0.1) is 17.8 Å². The zero-order valence-corrected chi connectivity index (χ0v) is 10.7. The Morgan fingerprint density at radius 1 is 1.50 bits per heavy atom. The van der Waals surface area contributed by atoms with E-state index in [9.17, 15) is 4.79 Å². The van der Waals surface area contributed by atoms with Crippen molar-refractivity contribution in [1.29, 1.82) is 0 Å². The Morgan fingerprint density at radius 3 is 3.06 bits per heavy atom. The van der Waals surface area contributed by atoms with Gasteiger partial charge in [-0.25, -0.2) is 0 Å². The molecule has 0 bridgehead atoms. The van der Waals surface area contributed by atoms with Crippen LogP contribution in [0.25, 0.3) is 0 Å². The Bertz CT molecular complexity index is 437. The van der Waals surface area contributed by atoms with Crippen LogP contribution in [-0.2, 0) is 4.79 Å². The number of likely N-dealkylation sites (tertiary alicyclic amines) is 1. The summed E-state index contributed by atoms with van der Waals surface area (Å²) >= 11 is 0. The van der Waals surface area contributed by atoms with Crippen molar-refractivity contribution in [2.75, 3.05) is 13.1 Å². The highest BCUT2D eigenvalue weighted by atomic mass is 16.5. The van der Waals surface area contributed by atoms with Gasteiger partial charge in [-0.3, -0.25) is 4.79 Å². The summed E-state index contributed by atoms with van der Waals surface area (Å²) in [4.78, 5) is 14.4. The molecule has 2 aliphatic rings. The van der Waals surface area contributed by atoms with Gasteiger partial charge < -0.3 is 14.7 Å². The molecular weight excluding hydrogens is 230 g/mol. The number of hydrogen-bond donors (Lipinski definition) is 1. The normalized spacial score (nSPS) is 27.9. The highest BCUT2D eigenvalue weighted by Crippen LogP contribution is 2.33. The van der Waals surface area contributed by atoms with Crippen LogP contribution in [0.1, 0.15) is 43.2 Å². The topological polar surface area (TPSA) is 58.4 Å². The zero-order chi connectivity index (χ0) is 12.5. The first-order chi connectivity index (χ1) is 8.75. The van der Waals surface area contributed by atoms with Gasteiger partial charge >= 0.3 is 0 Å². The lowest BCUT2D eigenvalue weighted by atomic mass is 10.1. The summed E-state index contributed by atoms with van der Waals surface area (Å²) in [6.45, 7) is 3.70. The number of carbonyl (C=O) groups is 1. The van der Waals surface area contributed by atoms with Crippen molar-refractivity contribution >= 4 is 5.91 Å². The minimum Gasteiger partial charge on any atom is -0.359 e. The second-order valence-electron chi connectivity index (χ2n) is 5.21. The summed E-state index contributed by atoms with van der Waals surface area (Å²) in [5.74, 6) is 1.06. The average Bonchev–Trinajstić information content (AvgIpc) is 3.09.